The van der Waals surface area contributed by atoms with Crippen LogP contribution in [-0.4, -0.2) is 18.8 Å². The Labute approximate surface area is 251 Å². The summed E-state index contributed by atoms with van der Waals surface area (Å²) in [7, 11) is 0. The Hall–Kier alpha value is -4.18. The Bertz CT molecular complexity index is 1360. The number of benzene rings is 4. The first kappa shape index (κ1) is 30.8. The first-order valence-electron chi connectivity index (χ1n) is 15.4. The lowest BCUT2D eigenvalue weighted by molar-refractivity contribution is 0.0734. The smallest absolute Gasteiger partial charge is 0.343 e. The second kappa shape index (κ2) is 16.9. The molecule has 4 aromatic carbocycles. The zero-order valence-electron chi connectivity index (χ0n) is 25.0. The largest absolute Gasteiger partial charge is 0.494 e. The lowest BCUT2D eigenvalue weighted by Crippen LogP contribution is -2.08. The molecule has 4 nitrogen and oxygen atoms in total. The zero-order chi connectivity index (χ0) is 29.4. The van der Waals surface area contributed by atoms with Crippen molar-refractivity contribution in [2.24, 2.45) is 4.99 Å². The van der Waals surface area contributed by atoms with Gasteiger partial charge in [0.2, 0.25) is 0 Å². The third-order valence-corrected chi connectivity index (χ3v) is 7.39. The molecule has 42 heavy (non-hydrogen) atoms. The van der Waals surface area contributed by atoms with Gasteiger partial charge in [0.25, 0.3) is 0 Å². The number of hydrogen-bond acceptors (Lipinski definition) is 4. The molecule has 0 heterocycles. The van der Waals surface area contributed by atoms with Crippen LogP contribution in [-0.2, 0) is 0 Å². The monoisotopic (exact) mass is 561 g/mol. The van der Waals surface area contributed by atoms with E-state index in [2.05, 4.69) is 55.2 Å². The lowest BCUT2D eigenvalue weighted by Gasteiger charge is -2.09. The minimum absolute atomic E-state index is 0.108. The van der Waals surface area contributed by atoms with E-state index in [1.165, 1.54) is 50.5 Å². The molecule has 0 aromatic heterocycles. The van der Waals surface area contributed by atoms with Crippen LogP contribution in [0.3, 0.4) is 0 Å². The molecule has 0 bridgehead atoms. The molecule has 218 valence electrons. The molecular formula is C38H43NO3. The summed E-state index contributed by atoms with van der Waals surface area (Å²) in [6.07, 6.45) is 12.1. The van der Waals surface area contributed by atoms with Crippen LogP contribution in [0.25, 0.3) is 11.1 Å². The predicted octanol–water partition coefficient (Wildman–Crippen LogP) is 10.3. The highest BCUT2D eigenvalue weighted by atomic mass is 16.5. The number of unbranched alkanes of at least 4 members (excludes halogenated alkanes) is 7. The minimum Gasteiger partial charge on any atom is -0.494 e. The van der Waals surface area contributed by atoms with Crippen LogP contribution in [0.15, 0.2) is 108 Å². The molecule has 0 fully saturated rings. The predicted molar refractivity (Wildman–Crippen MR) is 174 cm³/mol. The van der Waals surface area contributed by atoms with Gasteiger partial charge >= 0.3 is 5.97 Å². The number of aliphatic imine (C=N–C) groups is 1. The fourth-order valence-corrected chi connectivity index (χ4v) is 4.77. The molecule has 0 N–H and O–H groups in total. The molecule has 0 saturated heterocycles. The molecule has 0 radical (unpaired) electrons. The lowest BCUT2D eigenvalue weighted by atomic mass is 10.0. The molecule has 0 aliphatic carbocycles. The normalized spacial score (nSPS) is 11.9. The highest BCUT2D eigenvalue weighted by molar-refractivity contribution is 5.91. The van der Waals surface area contributed by atoms with E-state index in [4.69, 9.17) is 9.47 Å². The average Bonchev–Trinajstić information content (AvgIpc) is 3.04. The summed E-state index contributed by atoms with van der Waals surface area (Å²) in [5, 5.41) is 0. The summed E-state index contributed by atoms with van der Waals surface area (Å²) in [6, 6.07) is 33.4. The zero-order valence-corrected chi connectivity index (χ0v) is 25.0. The van der Waals surface area contributed by atoms with Gasteiger partial charge in [-0.15, -0.1) is 0 Å². The van der Waals surface area contributed by atoms with Gasteiger partial charge in [-0.2, -0.15) is 0 Å². The molecule has 4 heteroatoms. The molecule has 1 atom stereocenters. The van der Waals surface area contributed by atoms with Crippen molar-refractivity contribution in [2.45, 2.75) is 71.3 Å². The van der Waals surface area contributed by atoms with Crippen LogP contribution >= 0.6 is 0 Å². The molecule has 0 unspecified atom stereocenters. The first-order valence-corrected chi connectivity index (χ1v) is 15.4. The molecule has 4 aromatic rings. The van der Waals surface area contributed by atoms with E-state index >= 15 is 0 Å². The van der Waals surface area contributed by atoms with Gasteiger partial charge in [0.05, 0.1) is 18.2 Å². The average molecular weight is 562 g/mol. The van der Waals surface area contributed by atoms with Crippen molar-refractivity contribution in [3.05, 3.63) is 120 Å². The summed E-state index contributed by atoms with van der Waals surface area (Å²) in [5.41, 5.74) is 4.88. The van der Waals surface area contributed by atoms with Crippen LogP contribution in [0.1, 0.15) is 92.7 Å². The van der Waals surface area contributed by atoms with Crippen LogP contribution in [0.2, 0.25) is 0 Å². The Morgan fingerprint density at radius 1 is 0.690 bits per heavy atom. The van der Waals surface area contributed by atoms with Gasteiger partial charge in [0.15, 0.2) is 0 Å². The number of nitrogens with zero attached hydrogens (tertiary/aromatic N) is 1. The topological polar surface area (TPSA) is 47.9 Å². The summed E-state index contributed by atoms with van der Waals surface area (Å²) in [5.74, 6) is 0.907. The Morgan fingerprint density at radius 2 is 1.26 bits per heavy atom. The van der Waals surface area contributed by atoms with Crippen molar-refractivity contribution in [3.8, 4) is 22.6 Å². The van der Waals surface area contributed by atoms with Gasteiger partial charge in [-0.1, -0.05) is 119 Å². The highest BCUT2D eigenvalue weighted by Crippen LogP contribution is 2.24. The van der Waals surface area contributed by atoms with Crippen LogP contribution in [0.4, 0.5) is 0 Å². The van der Waals surface area contributed by atoms with Gasteiger partial charge in [0.1, 0.15) is 11.5 Å². The Morgan fingerprint density at radius 3 is 1.90 bits per heavy atom. The second-order valence-corrected chi connectivity index (χ2v) is 10.7. The first-order chi connectivity index (χ1) is 20.6. The number of esters is 1. The van der Waals surface area contributed by atoms with Crippen molar-refractivity contribution in [2.75, 3.05) is 6.61 Å². The number of rotatable bonds is 16. The summed E-state index contributed by atoms with van der Waals surface area (Å²) < 4.78 is 11.5. The van der Waals surface area contributed by atoms with Crippen LogP contribution in [0, 0.1) is 0 Å². The minimum atomic E-state index is -0.384. The molecule has 0 saturated carbocycles. The maximum absolute atomic E-state index is 12.7. The Balaban J connectivity index is 1.20. The van der Waals surface area contributed by atoms with Crippen molar-refractivity contribution in [3.63, 3.8) is 0 Å². The number of hydrogen-bond donors (Lipinski definition) is 0. The molecule has 4 rings (SSSR count). The number of carbonyl (C=O) groups excluding carboxylic acids is 1. The Kier molecular flexibility index (Phi) is 12.4. The summed E-state index contributed by atoms with van der Waals surface area (Å²) in [4.78, 5) is 17.4. The van der Waals surface area contributed by atoms with Gasteiger partial charge in [-0.05, 0) is 72.0 Å². The fraction of sp³-hybridized carbons (Fsp3) is 0.316. The SMILES string of the molecule is CCCCCCCCCCOc1ccc(C(=O)Oc2ccc(-c3ccc(C=N[C@@H](C)c4ccccc4)cc3)cc2)cc1. The fourth-order valence-electron chi connectivity index (χ4n) is 4.77. The van der Waals surface area contributed by atoms with E-state index in [-0.39, 0.29) is 12.0 Å². The standard InChI is InChI=1S/C38H43NO3/c1-3-4-5-6-7-8-9-13-28-41-36-24-22-35(23-25-36)38(40)42-37-26-20-34(21-27-37)33-18-16-31(17-19-33)29-39-30(2)32-14-11-10-12-15-32/h10-12,14-27,29-30H,3-9,13,28H2,1-2H3/t30-/m0/s1. The van der Waals surface area contributed by atoms with E-state index < -0.39 is 0 Å². The third-order valence-electron chi connectivity index (χ3n) is 7.39. The van der Waals surface area contributed by atoms with E-state index in [1.54, 1.807) is 12.1 Å². The molecule has 0 aliphatic heterocycles. The van der Waals surface area contributed by atoms with Crippen LogP contribution < -0.4 is 9.47 Å². The van der Waals surface area contributed by atoms with E-state index in [9.17, 15) is 4.79 Å². The molecule has 0 aliphatic rings. The van der Waals surface area contributed by atoms with Crippen molar-refractivity contribution < 1.29 is 14.3 Å². The van der Waals surface area contributed by atoms with Gasteiger partial charge in [-0.25, -0.2) is 4.79 Å². The summed E-state index contributed by atoms with van der Waals surface area (Å²) >= 11 is 0. The van der Waals surface area contributed by atoms with Gasteiger partial charge < -0.3 is 9.47 Å². The van der Waals surface area contributed by atoms with Crippen molar-refractivity contribution in [1.29, 1.82) is 0 Å². The van der Waals surface area contributed by atoms with E-state index in [0.717, 1.165) is 28.9 Å². The third kappa shape index (κ3) is 10.0. The highest BCUT2D eigenvalue weighted by Gasteiger charge is 2.09. The maximum atomic E-state index is 12.7. The van der Waals surface area contributed by atoms with E-state index in [1.807, 2.05) is 60.8 Å². The maximum Gasteiger partial charge on any atom is 0.343 e. The van der Waals surface area contributed by atoms with Crippen molar-refractivity contribution in [1.82, 2.24) is 0 Å². The van der Waals surface area contributed by atoms with Gasteiger partial charge in [0, 0.05) is 6.21 Å². The quantitative estimate of drug-likeness (QED) is 0.0592. The number of carbonyl (C=O) groups is 1. The molecular weight excluding hydrogens is 518 g/mol. The van der Waals surface area contributed by atoms with Gasteiger partial charge in [-0.3, -0.25) is 4.99 Å². The van der Waals surface area contributed by atoms with E-state index in [0.29, 0.717) is 17.9 Å². The second-order valence-electron chi connectivity index (χ2n) is 10.7. The molecule has 0 spiro atoms. The number of ether oxygens (including phenoxy) is 2. The summed E-state index contributed by atoms with van der Waals surface area (Å²) in [6.45, 7) is 5.05. The molecule has 0 amide bonds. The van der Waals surface area contributed by atoms with Crippen molar-refractivity contribution >= 4 is 12.2 Å². The van der Waals surface area contributed by atoms with Crippen LogP contribution in [0.5, 0.6) is 11.5 Å².